The Kier molecular flexibility index (Phi) is 5.95. The maximum Gasteiger partial charge on any atom is 0.314 e. The van der Waals surface area contributed by atoms with Crippen molar-refractivity contribution < 1.29 is 9.18 Å². The molecule has 2 rings (SSSR count). The Balaban J connectivity index is 2.14. The lowest BCUT2D eigenvalue weighted by atomic mass is 9.90. The molecule has 2 amide bonds. The van der Waals surface area contributed by atoms with Crippen LogP contribution in [0.25, 0.3) is 0 Å². The third-order valence-electron chi connectivity index (χ3n) is 3.49. The Morgan fingerprint density at radius 3 is 2.45 bits per heavy atom. The molecular weight excluding hydrogens is 279 g/mol. The SMILES string of the molecule is Cc1cccc(C(CNC(=O)NCCF)c2ccccc2)c1. The number of carbonyl (C=O) groups excluding carboxylic acids is 1. The molecule has 2 aromatic carbocycles. The van der Waals surface area contributed by atoms with Crippen molar-refractivity contribution in [1.29, 1.82) is 0 Å². The van der Waals surface area contributed by atoms with Gasteiger partial charge in [-0.05, 0) is 18.1 Å². The Morgan fingerprint density at radius 2 is 1.77 bits per heavy atom. The average molecular weight is 300 g/mol. The van der Waals surface area contributed by atoms with Gasteiger partial charge >= 0.3 is 6.03 Å². The van der Waals surface area contributed by atoms with Crippen LogP contribution < -0.4 is 10.6 Å². The molecule has 0 saturated heterocycles. The zero-order valence-corrected chi connectivity index (χ0v) is 12.7. The molecule has 0 bridgehead atoms. The van der Waals surface area contributed by atoms with E-state index in [4.69, 9.17) is 0 Å². The highest BCUT2D eigenvalue weighted by Gasteiger charge is 2.15. The molecule has 0 spiro atoms. The number of aryl methyl sites for hydroxylation is 1. The number of hydrogen-bond donors (Lipinski definition) is 2. The van der Waals surface area contributed by atoms with Gasteiger partial charge in [0, 0.05) is 19.0 Å². The van der Waals surface area contributed by atoms with E-state index < -0.39 is 6.67 Å². The summed E-state index contributed by atoms with van der Waals surface area (Å²) in [6, 6.07) is 18.0. The van der Waals surface area contributed by atoms with Gasteiger partial charge in [-0.3, -0.25) is 0 Å². The van der Waals surface area contributed by atoms with Crippen molar-refractivity contribution in [3.63, 3.8) is 0 Å². The molecule has 1 unspecified atom stereocenters. The molecule has 4 heteroatoms. The Hall–Kier alpha value is -2.36. The van der Waals surface area contributed by atoms with Crippen LogP contribution in [0.3, 0.4) is 0 Å². The Labute approximate surface area is 130 Å². The number of hydrogen-bond acceptors (Lipinski definition) is 1. The van der Waals surface area contributed by atoms with E-state index in [1.807, 2.05) is 49.4 Å². The first kappa shape index (κ1) is 16.0. The lowest BCUT2D eigenvalue weighted by Crippen LogP contribution is -2.38. The first-order valence-electron chi connectivity index (χ1n) is 7.40. The smallest absolute Gasteiger partial charge is 0.314 e. The van der Waals surface area contributed by atoms with Crippen LogP contribution in [-0.2, 0) is 0 Å². The van der Waals surface area contributed by atoms with Crippen LogP contribution in [0.5, 0.6) is 0 Å². The molecule has 2 aromatic rings. The highest BCUT2D eigenvalue weighted by atomic mass is 19.1. The van der Waals surface area contributed by atoms with E-state index >= 15 is 0 Å². The van der Waals surface area contributed by atoms with Gasteiger partial charge in [-0.25, -0.2) is 9.18 Å². The predicted molar refractivity (Wildman–Crippen MR) is 86.8 cm³/mol. The maximum atomic E-state index is 12.1. The summed E-state index contributed by atoms with van der Waals surface area (Å²) in [4.78, 5) is 11.6. The van der Waals surface area contributed by atoms with Gasteiger partial charge in [-0.1, -0.05) is 60.2 Å². The highest BCUT2D eigenvalue weighted by molar-refractivity contribution is 5.73. The summed E-state index contributed by atoms with van der Waals surface area (Å²) in [6.07, 6.45) is 0. The summed E-state index contributed by atoms with van der Waals surface area (Å²) in [7, 11) is 0. The standard InChI is InChI=1S/C18H21FN2O/c1-14-6-5-9-16(12-14)17(15-7-3-2-4-8-15)13-21-18(22)20-11-10-19/h2-9,12,17H,10-11,13H2,1H3,(H2,20,21,22). The molecule has 2 N–H and O–H groups in total. The normalized spacial score (nSPS) is 11.7. The molecule has 0 aliphatic carbocycles. The number of benzene rings is 2. The molecule has 0 radical (unpaired) electrons. The molecule has 1 atom stereocenters. The van der Waals surface area contributed by atoms with Gasteiger partial charge in [-0.2, -0.15) is 0 Å². The van der Waals surface area contributed by atoms with Gasteiger partial charge in [0.15, 0.2) is 0 Å². The quantitative estimate of drug-likeness (QED) is 0.843. The van der Waals surface area contributed by atoms with Crippen LogP contribution in [-0.4, -0.2) is 25.8 Å². The van der Waals surface area contributed by atoms with E-state index in [0.717, 1.165) is 11.1 Å². The number of carbonyl (C=O) groups is 1. The topological polar surface area (TPSA) is 41.1 Å². The number of rotatable bonds is 6. The molecule has 22 heavy (non-hydrogen) atoms. The molecule has 116 valence electrons. The highest BCUT2D eigenvalue weighted by Crippen LogP contribution is 2.24. The molecule has 0 aromatic heterocycles. The van der Waals surface area contributed by atoms with E-state index in [1.165, 1.54) is 5.56 Å². The van der Waals surface area contributed by atoms with Crippen LogP contribution in [0, 0.1) is 6.92 Å². The first-order valence-corrected chi connectivity index (χ1v) is 7.40. The van der Waals surface area contributed by atoms with Crippen LogP contribution in [0.4, 0.5) is 9.18 Å². The van der Waals surface area contributed by atoms with Crippen molar-refractivity contribution in [2.75, 3.05) is 19.8 Å². The average Bonchev–Trinajstić information content (AvgIpc) is 2.54. The molecule has 0 fully saturated rings. The summed E-state index contributed by atoms with van der Waals surface area (Å²) in [5.74, 6) is 0.0669. The van der Waals surface area contributed by atoms with Crippen LogP contribution in [0.2, 0.25) is 0 Å². The van der Waals surface area contributed by atoms with Gasteiger partial charge in [0.05, 0.1) is 0 Å². The second kappa shape index (κ2) is 8.17. The molecule has 3 nitrogen and oxygen atoms in total. The number of halogens is 1. The van der Waals surface area contributed by atoms with E-state index in [0.29, 0.717) is 6.54 Å². The summed E-state index contributed by atoms with van der Waals surface area (Å²) >= 11 is 0. The van der Waals surface area contributed by atoms with Gasteiger partial charge in [0.2, 0.25) is 0 Å². The lowest BCUT2D eigenvalue weighted by molar-refractivity contribution is 0.239. The van der Waals surface area contributed by atoms with E-state index in [-0.39, 0.29) is 18.5 Å². The minimum atomic E-state index is -0.562. The fourth-order valence-electron chi connectivity index (χ4n) is 2.42. The van der Waals surface area contributed by atoms with Crippen LogP contribution in [0.15, 0.2) is 54.6 Å². The van der Waals surface area contributed by atoms with E-state index in [1.54, 1.807) is 0 Å². The maximum absolute atomic E-state index is 12.1. The fourth-order valence-corrected chi connectivity index (χ4v) is 2.42. The largest absolute Gasteiger partial charge is 0.337 e. The number of urea groups is 1. The van der Waals surface area contributed by atoms with Crippen molar-refractivity contribution in [3.8, 4) is 0 Å². The number of alkyl halides is 1. The zero-order chi connectivity index (χ0) is 15.8. The third-order valence-corrected chi connectivity index (χ3v) is 3.49. The number of amides is 2. The molecule has 0 saturated carbocycles. The summed E-state index contributed by atoms with van der Waals surface area (Å²) in [5.41, 5.74) is 3.47. The van der Waals surface area contributed by atoms with Crippen molar-refractivity contribution >= 4 is 6.03 Å². The minimum Gasteiger partial charge on any atom is -0.337 e. The van der Waals surface area contributed by atoms with E-state index in [9.17, 15) is 9.18 Å². The van der Waals surface area contributed by atoms with Gasteiger partial charge < -0.3 is 10.6 Å². The monoisotopic (exact) mass is 300 g/mol. The fraction of sp³-hybridized carbons (Fsp3) is 0.278. The molecule has 0 aliphatic heterocycles. The molecule has 0 heterocycles. The third kappa shape index (κ3) is 4.58. The van der Waals surface area contributed by atoms with Gasteiger partial charge in [0.25, 0.3) is 0 Å². The van der Waals surface area contributed by atoms with E-state index in [2.05, 4.69) is 22.8 Å². The minimum absolute atomic E-state index is 0.0340. The van der Waals surface area contributed by atoms with Crippen molar-refractivity contribution in [1.82, 2.24) is 10.6 Å². The van der Waals surface area contributed by atoms with Crippen molar-refractivity contribution in [3.05, 3.63) is 71.3 Å². The Morgan fingerprint density at radius 1 is 1.05 bits per heavy atom. The van der Waals surface area contributed by atoms with Gasteiger partial charge in [0.1, 0.15) is 6.67 Å². The lowest BCUT2D eigenvalue weighted by Gasteiger charge is -2.19. The van der Waals surface area contributed by atoms with Gasteiger partial charge in [-0.15, -0.1) is 0 Å². The number of nitrogens with one attached hydrogen (secondary N) is 2. The zero-order valence-electron chi connectivity index (χ0n) is 12.7. The van der Waals surface area contributed by atoms with Crippen LogP contribution in [0.1, 0.15) is 22.6 Å². The molecular formula is C18H21FN2O. The Bertz CT molecular complexity index is 601. The second-order valence-electron chi connectivity index (χ2n) is 5.20. The van der Waals surface area contributed by atoms with Crippen molar-refractivity contribution in [2.24, 2.45) is 0 Å². The summed E-state index contributed by atoms with van der Waals surface area (Å²) in [5, 5.41) is 5.29. The first-order chi connectivity index (χ1) is 10.7. The van der Waals surface area contributed by atoms with Crippen molar-refractivity contribution in [2.45, 2.75) is 12.8 Å². The van der Waals surface area contributed by atoms with Crippen LogP contribution >= 0.6 is 0 Å². The molecule has 0 aliphatic rings. The summed E-state index contributed by atoms with van der Waals surface area (Å²) < 4.78 is 12.1. The predicted octanol–water partition coefficient (Wildman–Crippen LogP) is 3.40. The second-order valence-corrected chi connectivity index (χ2v) is 5.20. The summed E-state index contributed by atoms with van der Waals surface area (Å²) in [6.45, 7) is 1.98.